The monoisotopic (exact) mass is 338 g/mol. The Morgan fingerprint density at radius 2 is 1.76 bits per heavy atom. The van der Waals surface area contributed by atoms with Crippen LogP contribution in [0.15, 0.2) is 54.6 Å². The fourth-order valence-corrected chi connectivity index (χ4v) is 3.10. The van der Waals surface area contributed by atoms with Gasteiger partial charge < -0.3 is 15.4 Å². The zero-order chi connectivity index (χ0) is 17.3. The Bertz CT molecular complexity index is 667. The fraction of sp³-hybridized carbons (Fsp3) is 0.381. The van der Waals surface area contributed by atoms with Crippen molar-refractivity contribution in [2.75, 3.05) is 6.54 Å². The van der Waals surface area contributed by atoms with Crippen molar-refractivity contribution >= 4 is 5.91 Å². The summed E-state index contributed by atoms with van der Waals surface area (Å²) in [4.78, 5) is 12.3. The molecule has 1 saturated heterocycles. The Labute approximate surface area is 149 Å². The van der Waals surface area contributed by atoms with Gasteiger partial charge in [-0.3, -0.25) is 4.79 Å². The molecule has 1 fully saturated rings. The van der Waals surface area contributed by atoms with E-state index < -0.39 is 0 Å². The van der Waals surface area contributed by atoms with Gasteiger partial charge >= 0.3 is 0 Å². The van der Waals surface area contributed by atoms with E-state index in [0.29, 0.717) is 19.8 Å². The third-order valence-corrected chi connectivity index (χ3v) is 4.57. The van der Waals surface area contributed by atoms with Crippen LogP contribution >= 0.6 is 0 Å². The van der Waals surface area contributed by atoms with E-state index in [-0.39, 0.29) is 11.9 Å². The van der Waals surface area contributed by atoms with Gasteiger partial charge in [-0.25, -0.2) is 0 Å². The fourth-order valence-electron chi connectivity index (χ4n) is 3.10. The maximum absolute atomic E-state index is 12.3. The van der Waals surface area contributed by atoms with Gasteiger partial charge in [0.25, 0.3) is 0 Å². The summed E-state index contributed by atoms with van der Waals surface area (Å²) in [5.74, 6) is 0.0970. The average molecular weight is 338 g/mol. The van der Waals surface area contributed by atoms with E-state index in [1.165, 1.54) is 0 Å². The molecule has 0 aromatic heterocycles. The molecule has 0 spiro atoms. The van der Waals surface area contributed by atoms with Crippen molar-refractivity contribution in [2.24, 2.45) is 0 Å². The average Bonchev–Trinajstić information content (AvgIpc) is 2.68. The maximum Gasteiger partial charge on any atom is 0.237 e. The molecule has 1 aliphatic heterocycles. The summed E-state index contributed by atoms with van der Waals surface area (Å²) in [6.45, 7) is 2.61. The number of ether oxygens (including phenoxy) is 1. The van der Waals surface area contributed by atoms with Crippen LogP contribution in [0.1, 0.15) is 36.0 Å². The van der Waals surface area contributed by atoms with Crippen LogP contribution in [0.5, 0.6) is 0 Å². The molecule has 1 atom stereocenters. The predicted molar refractivity (Wildman–Crippen MR) is 98.9 cm³/mol. The van der Waals surface area contributed by atoms with Gasteiger partial charge in [-0.05, 0) is 36.1 Å². The maximum atomic E-state index is 12.3. The molecular weight excluding hydrogens is 312 g/mol. The molecule has 0 saturated carbocycles. The van der Waals surface area contributed by atoms with E-state index >= 15 is 0 Å². The van der Waals surface area contributed by atoms with Crippen LogP contribution in [0.2, 0.25) is 0 Å². The summed E-state index contributed by atoms with van der Waals surface area (Å²) in [6.07, 6.45) is 3.20. The second-order valence-electron chi connectivity index (χ2n) is 6.47. The minimum atomic E-state index is -0.0461. The lowest BCUT2D eigenvalue weighted by atomic mass is 10.0. The zero-order valence-electron chi connectivity index (χ0n) is 14.5. The number of benzene rings is 2. The smallest absolute Gasteiger partial charge is 0.237 e. The van der Waals surface area contributed by atoms with Gasteiger partial charge in [0, 0.05) is 6.54 Å². The minimum absolute atomic E-state index is 0.0461. The lowest BCUT2D eigenvalue weighted by Crippen LogP contribution is -2.46. The lowest BCUT2D eigenvalue weighted by molar-refractivity contribution is -0.123. The third kappa shape index (κ3) is 5.41. The van der Waals surface area contributed by atoms with Gasteiger partial charge in [0.05, 0.1) is 19.3 Å². The van der Waals surface area contributed by atoms with Crippen molar-refractivity contribution in [1.29, 1.82) is 0 Å². The van der Waals surface area contributed by atoms with Gasteiger partial charge in [-0.2, -0.15) is 0 Å². The first kappa shape index (κ1) is 17.6. The Kier molecular flexibility index (Phi) is 6.60. The first-order valence-electron chi connectivity index (χ1n) is 9.02. The van der Waals surface area contributed by atoms with Crippen molar-refractivity contribution < 1.29 is 9.53 Å². The van der Waals surface area contributed by atoms with E-state index in [9.17, 15) is 4.79 Å². The van der Waals surface area contributed by atoms with Crippen molar-refractivity contribution in [3.05, 3.63) is 71.3 Å². The highest BCUT2D eigenvalue weighted by molar-refractivity contribution is 5.81. The van der Waals surface area contributed by atoms with Crippen molar-refractivity contribution in [2.45, 2.75) is 45.1 Å². The lowest BCUT2D eigenvalue weighted by Gasteiger charge is -2.22. The van der Waals surface area contributed by atoms with Gasteiger partial charge in [-0.15, -0.1) is 0 Å². The van der Waals surface area contributed by atoms with E-state index in [1.54, 1.807) is 0 Å². The molecule has 2 aromatic carbocycles. The van der Waals surface area contributed by atoms with Crippen LogP contribution in [0.25, 0.3) is 0 Å². The minimum Gasteiger partial charge on any atom is -0.372 e. The summed E-state index contributed by atoms with van der Waals surface area (Å²) in [5, 5.41) is 6.35. The molecule has 2 N–H and O–H groups in total. The standard InChI is InChI=1S/C21H26N2O2/c24-21(20-12-6-7-13-22-20)23-14-18-10-4-5-11-19(18)16-25-15-17-8-2-1-3-9-17/h1-5,8-11,20,22H,6-7,12-16H2,(H,23,24). The van der Waals surface area contributed by atoms with Crippen molar-refractivity contribution in [3.63, 3.8) is 0 Å². The molecule has 4 nitrogen and oxygen atoms in total. The molecule has 132 valence electrons. The Hall–Kier alpha value is -2.17. The summed E-state index contributed by atoms with van der Waals surface area (Å²) in [7, 11) is 0. The van der Waals surface area contributed by atoms with Gasteiger partial charge in [0.15, 0.2) is 0 Å². The summed E-state index contributed by atoms with van der Waals surface area (Å²) in [6, 6.07) is 18.2. The number of carbonyl (C=O) groups is 1. The predicted octanol–water partition coefficient (Wildman–Crippen LogP) is 3.16. The zero-order valence-corrected chi connectivity index (χ0v) is 14.5. The van der Waals surface area contributed by atoms with Crippen LogP contribution in [-0.2, 0) is 29.3 Å². The number of piperidine rings is 1. The Morgan fingerprint density at radius 1 is 1.00 bits per heavy atom. The van der Waals surface area contributed by atoms with Crippen LogP contribution < -0.4 is 10.6 Å². The Morgan fingerprint density at radius 3 is 2.52 bits per heavy atom. The molecule has 0 aliphatic carbocycles. The van der Waals surface area contributed by atoms with E-state index in [4.69, 9.17) is 4.74 Å². The van der Waals surface area contributed by atoms with Crippen LogP contribution in [0, 0.1) is 0 Å². The van der Waals surface area contributed by atoms with Crippen LogP contribution in [0.4, 0.5) is 0 Å². The first-order valence-corrected chi connectivity index (χ1v) is 9.02. The normalized spacial score (nSPS) is 17.2. The molecular formula is C21H26N2O2. The summed E-state index contributed by atoms with van der Waals surface area (Å²) < 4.78 is 5.84. The number of carbonyl (C=O) groups excluding carboxylic acids is 1. The van der Waals surface area contributed by atoms with E-state index in [0.717, 1.165) is 42.5 Å². The molecule has 1 heterocycles. The van der Waals surface area contributed by atoms with Gasteiger partial charge in [-0.1, -0.05) is 61.0 Å². The van der Waals surface area contributed by atoms with E-state index in [1.807, 2.05) is 30.3 Å². The summed E-state index contributed by atoms with van der Waals surface area (Å²) >= 11 is 0. The molecule has 25 heavy (non-hydrogen) atoms. The molecule has 2 aromatic rings. The van der Waals surface area contributed by atoms with Crippen LogP contribution in [0.3, 0.4) is 0 Å². The second kappa shape index (κ2) is 9.35. The van der Waals surface area contributed by atoms with Gasteiger partial charge in [0.2, 0.25) is 5.91 Å². The molecule has 3 rings (SSSR count). The highest BCUT2D eigenvalue weighted by atomic mass is 16.5. The number of amides is 1. The molecule has 4 heteroatoms. The largest absolute Gasteiger partial charge is 0.372 e. The highest BCUT2D eigenvalue weighted by Gasteiger charge is 2.20. The molecule has 1 aliphatic rings. The van der Waals surface area contributed by atoms with Gasteiger partial charge in [0.1, 0.15) is 0 Å². The molecule has 1 amide bonds. The highest BCUT2D eigenvalue weighted by Crippen LogP contribution is 2.12. The van der Waals surface area contributed by atoms with Crippen molar-refractivity contribution in [3.8, 4) is 0 Å². The Balaban J connectivity index is 1.50. The topological polar surface area (TPSA) is 50.4 Å². The number of nitrogens with one attached hydrogen (secondary N) is 2. The number of hydrogen-bond acceptors (Lipinski definition) is 3. The third-order valence-electron chi connectivity index (χ3n) is 4.57. The van der Waals surface area contributed by atoms with E-state index in [2.05, 4.69) is 34.9 Å². The number of rotatable bonds is 7. The molecule has 1 unspecified atom stereocenters. The first-order chi connectivity index (χ1) is 12.3. The molecule has 0 bridgehead atoms. The molecule has 0 radical (unpaired) electrons. The van der Waals surface area contributed by atoms with Crippen molar-refractivity contribution in [1.82, 2.24) is 10.6 Å². The quantitative estimate of drug-likeness (QED) is 0.815. The number of hydrogen-bond donors (Lipinski definition) is 2. The second-order valence-corrected chi connectivity index (χ2v) is 6.47. The summed E-state index contributed by atoms with van der Waals surface area (Å²) in [5.41, 5.74) is 3.40. The SMILES string of the molecule is O=C(NCc1ccccc1COCc1ccccc1)C1CCCCN1. The van der Waals surface area contributed by atoms with Crippen LogP contribution in [-0.4, -0.2) is 18.5 Å².